The second kappa shape index (κ2) is 7.64. The maximum atomic E-state index is 12.7. The van der Waals surface area contributed by atoms with Crippen LogP contribution in [0.4, 0.5) is 11.4 Å². The number of nitrogens with zero attached hydrogens (tertiary/aromatic N) is 2. The molecule has 0 aliphatic heterocycles. The van der Waals surface area contributed by atoms with Gasteiger partial charge in [0.05, 0.1) is 16.1 Å². The number of nitro groups is 1. The van der Waals surface area contributed by atoms with Crippen molar-refractivity contribution in [2.45, 2.75) is 13.8 Å². The number of carbonyl (C=O) groups excluding carboxylic acids is 1. The molecule has 8 nitrogen and oxygen atoms in total. The Morgan fingerprint density at radius 2 is 1.65 bits per heavy atom. The molecule has 0 aliphatic carbocycles. The van der Waals surface area contributed by atoms with Gasteiger partial charge in [-0.15, -0.1) is 0 Å². The minimum Gasteiger partial charge on any atom is -0.507 e. The predicted octanol–water partition coefficient (Wildman–Crippen LogP) is 3.08. The number of benzene rings is 2. The molecule has 8 heteroatoms. The summed E-state index contributed by atoms with van der Waals surface area (Å²) in [6, 6.07) is 7.48. The van der Waals surface area contributed by atoms with Crippen LogP contribution in [0.15, 0.2) is 36.4 Å². The fraction of sp³-hybridized carbons (Fsp3) is 0.222. The first-order chi connectivity index (χ1) is 12.3. The third-order valence-electron chi connectivity index (χ3n) is 4.04. The van der Waals surface area contributed by atoms with Crippen molar-refractivity contribution in [2.24, 2.45) is 0 Å². The van der Waals surface area contributed by atoms with Gasteiger partial charge in [0, 0.05) is 42.5 Å². The van der Waals surface area contributed by atoms with Crippen LogP contribution in [0.1, 0.15) is 40.1 Å². The summed E-state index contributed by atoms with van der Waals surface area (Å²) in [6.07, 6.45) is 0. The van der Waals surface area contributed by atoms with E-state index in [1.54, 1.807) is 6.07 Å². The topological polar surface area (TPSA) is 121 Å². The van der Waals surface area contributed by atoms with Crippen LogP contribution in [0, 0.1) is 10.1 Å². The minimum absolute atomic E-state index is 0.0720. The SMILES string of the molecule is CCN(CC)c1ccc(C(=O)c2ccc([N+](=O)[O-])cc2C(=O)O)c(O)c1. The van der Waals surface area contributed by atoms with Gasteiger partial charge in [-0.1, -0.05) is 0 Å². The third-order valence-corrected chi connectivity index (χ3v) is 4.04. The Morgan fingerprint density at radius 3 is 2.15 bits per heavy atom. The molecule has 2 aromatic carbocycles. The average Bonchev–Trinajstić information content (AvgIpc) is 2.61. The quantitative estimate of drug-likeness (QED) is 0.443. The van der Waals surface area contributed by atoms with Crippen molar-refractivity contribution >= 4 is 23.1 Å². The second-order valence-corrected chi connectivity index (χ2v) is 5.50. The lowest BCUT2D eigenvalue weighted by atomic mass is 9.97. The van der Waals surface area contributed by atoms with Gasteiger partial charge in [-0.05, 0) is 32.0 Å². The summed E-state index contributed by atoms with van der Waals surface area (Å²) in [5, 5.41) is 30.3. The largest absolute Gasteiger partial charge is 0.507 e. The highest BCUT2D eigenvalue weighted by atomic mass is 16.6. The van der Waals surface area contributed by atoms with Crippen LogP contribution in [0.3, 0.4) is 0 Å². The van der Waals surface area contributed by atoms with Gasteiger partial charge >= 0.3 is 5.97 Å². The van der Waals surface area contributed by atoms with Crippen molar-refractivity contribution in [1.82, 2.24) is 0 Å². The van der Waals surface area contributed by atoms with Crippen molar-refractivity contribution in [1.29, 1.82) is 0 Å². The van der Waals surface area contributed by atoms with Crippen molar-refractivity contribution in [3.8, 4) is 5.75 Å². The molecule has 0 aliphatic rings. The van der Waals surface area contributed by atoms with E-state index >= 15 is 0 Å². The number of hydrogen-bond acceptors (Lipinski definition) is 6. The summed E-state index contributed by atoms with van der Waals surface area (Å²) in [7, 11) is 0. The number of nitro benzene ring substituents is 1. The van der Waals surface area contributed by atoms with Gasteiger partial charge in [0.15, 0.2) is 5.78 Å². The average molecular weight is 358 g/mol. The molecule has 136 valence electrons. The molecule has 0 heterocycles. The van der Waals surface area contributed by atoms with Gasteiger partial charge in [-0.2, -0.15) is 0 Å². The van der Waals surface area contributed by atoms with E-state index in [0.29, 0.717) is 0 Å². The molecule has 0 spiro atoms. The van der Waals surface area contributed by atoms with Crippen molar-refractivity contribution < 1.29 is 24.7 Å². The number of phenols is 1. The molecule has 0 aromatic heterocycles. The predicted molar refractivity (Wildman–Crippen MR) is 95.2 cm³/mol. The fourth-order valence-electron chi connectivity index (χ4n) is 2.66. The van der Waals surface area contributed by atoms with E-state index in [1.807, 2.05) is 18.7 Å². The number of aromatic carboxylic acids is 1. The summed E-state index contributed by atoms with van der Waals surface area (Å²) in [6.45, 7) is 5.34. The fourth-order valence-corrected chi connectivity index (χ4v) is 2.66. The summed E-state index contributed by atoms with van der Waals surface area (Å²) < 4.78 is 0. The maximum Gasteiger partial charge on any atom is 0.336 e. The molecular weight excluding hydrogens is 340 g/mol. The monoisotopic (exact) mass is 358 g/mol. The normalized spacial score (nSPS) is 10.4. The number of rotatable bonds is 7. The number of ketones is 1. The molecule has 0 fully saturated rings. The second-order valence-electron chi connectivity index (χ2n) is 5.50. The lowest BCUT2D eigenvalue weighted by Gasteiger charge is -2.21. The maximum absolute atomic E-state index is 12.7. The first kappa shape index (κ1) is 18.9. The Labute approximate surface area is 149 Å². The van der Waals surface area contributed by atoms with Crippen molar-refractivity contribution in [3.05, 3.63) is 63.2 Å². The van der Waals surface area contributed by atoms with E-state index in [9.17, 15) is 29.9 Å². The van der Waals surface area contributed by atoms with Gasteiger partial charge < -0.3 is 15.1 Å². The molecule has 0 atom stereocenters. The molecule has 0 saturated heterocycles. The van der Waals surface area contributed by atoms with E-state index in [0.717, 1.165) is 37.0 Å². The highest BCUT2D eigenvalue weighted by Crippen LogP contribution is 2.28. The molecule has 0 unspecified atom stereocenters. The Bertz CT molecular complexity index is 874. The molecule has 0 bridgehead atoms. The molecule has 0 amide bonds. The summed E-state index contributed by atoms with van der Waals surface area (Å²) in [5.41, 5.74) is -0.492. The highest BCUT2D eigenvalue weighted by molar-refractivity contribution is 6.15. The van der Waals surface area contributed by atoms with Crippen LogP contribution >= 0.6 is 0 Å². The standard InChI is InChI=1S/C18H18N2O6/c1-3-19(4-2)11-5-8-14(16(21)10-11)17(22)13-7-6-12(20(25)26)9-15(13)18(23)24/h5-10,21H,3-4H2,1-2H3,(H,23,24). The number of phenolic OH excluding ortho intramolecular Hbond substituents is 1. The molecule has 2 rings (SSSR count). The van der Waals surface area contributed by atoms with Crippen LogP contribution in [-0.4, -0.2) is 40.0 Å². The lowest BCUT2D eigenvalue weighted by Crippen LogP contribution is -2.21. The van der Waals surface area contributed by atoms with Gasteiger partial charge in [0.25, 0.3) is 5.69 Å². The van der Waals surface area contributed by atoms with E-state index < -0.39 is 27.9 Å². The van der Waals surface area contributed by atoms with Crippen LogP contribution in [0.25, 0.3) is 0 Å². The Balaban J connectivity index is 2.49. The van der Waals surface area contributed by atoms with Crippen LogP contribution in [0.5, 0.6) is 5.75 Å². The first-order valence-electron chi connectivity index (χ1n) is 7.94. The molecule has 2 aromatic rings. The first-order valence-corrected chi connectivity index (χ1v) is 7.94. The van der Waals surface area contributed by atoms with Gasteiger partial charge in [-0.25, -0.2) is 4.79 Å². The zero-order valence-corrected chi connectivity index (χ0v) is 14.3. The van der Waals surface area contributed by atoms with Crippen molar-refractivity contribution in [2.75, 3.05) is 18.0 Å². The number of carbonyl (C=O) groups is 2. The van der Waals surface area contributed by atoms with E-state index in [-0.39, 0.29) is 16.9 Å². The summed E-state index contributed by atoms with van der Waals surface area (Å²) in [5.74, 6) is -2.47. The summed E-state index contributed by atoms with van der Waals surface area (Å²) in [4.78, 5) is 36.1. The number of carboxylic acid groups (broad SMARTS) is 1. The zero-order valence-electron chi connectivity index (χ0n) is 14.3. The lowest BCUT2D eigenvalue weighted by molar-refractivity contribution is -0.384. The van der Waals surface area contributed by atoms with E-state index in [4.69, 9.17) is 0 Å². The zero-order chi connectivity index (χ0) is 19.4. The van der Waals surface area contributed by atoms with Crippen LogP contribution < -0.4 is 4.90 Å². The number of carboxylic acids is 1. The third kappa shape index (κ3) is 3.64. The van der Waals surface area contributed by atoms with E-state index in [2.05, 4.69) is 0 Å². The van der Waals surface area contributed by atoms with E-state index in [1.165, 1.54) is 12.1 Å². The van der Waals surface area contributed by atoms with Gasteiger partial charge in [0.2, 0.25) is 0 Å². The van der Waals surface area contributed by atoms with Crippen LogP contribution in [-0.2, 0) is 0 Å². The molecule has 2 N–H and O–H groups in total. The Kier molecular flexibility index (Phi) is 5.56. The van der Waals surface area contributed by atoms with Crippen molar-refractivity contribution in [3.63, 3.8) is 0 Å². The molecular formula is C18H18N2O6. The molecule has 0 saturated carbocycles. The smallest absolute Gasteiger partial charge is 0.336 e. The van der Waals surface area contributed by atoms with Gasteiger partial charge in [-0.3, -0.25) is 14.9 Å². The van der Waals surface area contributed by atoms with Crippen LogP contribution in [0.2, 0.25) is 0 Å². The minimum atomic E-state index is -1.46. The Hall–Kier alpha value is -3.42. The number of aromatic hydroxyl groups is 1. The number of non-ortho nitro benzene ring substituents is 1. The van der Waals surface area contributed by atoms with Gasteiger partial charge in [0.1, 0.15) is 5.75 Å². The molecule has 0 radical (unpaired) electrons. The highest BCUT2D eigenvalue weighted by Gasteiger charge is 2.23. The summed E-state index contributed by atoms with van der Waals surface area (Å²) >= 11 is 0. The molecule has 26 heavy (non-hydrogen) atoms. The Morgan fingerprint density at radius 1 is 1.04 bits per heavy atom. The number of hydrogen-bond donors (Lipinski definition) is 2. The number of anilines is 1.